The number of rotatable bonds is 4. The van der Waals surface area contributed by atoms with Gasteiger partial charge in [0.2, 0.25) is 0 Å². The Balaban J connectivity index is 2.28. The third kappa shape index (κ3) is 3.52. The second-order valence-electron chi connectivity index (χ2n) is 4.41. The van der Waals surface area contributed by atoms with Crippen molar-refractivity contribution in [3.8, 4) is 5.69 Å². The molecule has 0 fully saturated rings. The van der Waals surface area contributed by atoms with Crippen molar-refractivity contribution in [1.82, 2.24) is 20.3 Å². The van der Waals surface area contributed by atoms with Gasteiger partial charge in [0.15, 0.2) is 0 Å². The van der Waals surface area contributed by atoms with Crippen molar-refractivity contribution >= 4 is 27.5 Å². The first-order valence-electron chi connectivity index (χ1n) is 5.77. The third-order valence-corrected chi connectivity index (χ3v) is 3.34. The minimum Gasteiger partial charge on any atom is -0.309 e. The predicted molar refractivity (Wildman–Crippen MR) is 76.0 cm³/mol. The van der Waals surface area contributed by atoms with Crippen LogP contribution in [0.3, 0.4) is 0 Å². The molecular weight excluding hydrogens is 335 g/mol. The fraction of sp³-hybridized carbons (Fsp3) is 0.333. The Morgan fingerprint density at radius 3 is 2.84 bits per heavy atom. The summed E-state index contributed by atoms with van der Waals surface area (Å²) in [7, 11) is 0. The first kappa shape index (κ1) is 14.4. The first-order chi connectivity index (χ1) is 8.97. The molecule has 0 amide bonds. The fourth-order valence-electron chi connectivity index (χ4n) is 1.55. The maximum atomic E-state index is 13.2. The molecule has 0 aliphatic heterocycles. The molecule has 0 aliphatic carbocycles. The molecule has 0 radical (unpaired) electrons. The average Bonchev–Trinajstić information content (AvgIpc) is 2.73. The summed E-state index contributed by atoms with van der Waals surface area (Å²) in [4.78, 5) is 0. The van der Waals surface area contributed by atoms with E-state index in [-0.39, 0.29) is 5.02 Å². The van der Waals surface area contributed by atoms with Crippen LogP contribution in [0.5, 0.6) is 0 Å². The third-order valence-electron chi connectivity index (χ3n) is 2.44. The van der Waals surface area contributed by atoms with Gasteiger partial charge in [-0.1, -0.05) is 30.7 Å². The number of hydrogen-bond acceptors (Lipinski definition) is 3. The van der Waals surface area contributed by atoms with Crippen LogP contribution in [0.1, 0.15) is 19.5 Å². The second-order valence-corrected chi connectivity index (χ2v) is 5.67. The van der Waals surface area contributed by atoms with Gasteiger partial charge in [-0.2, -0.15) is 0 Å². The molecule has 102 valence electrons. The molecule has 0 spiro atoms. The Morgan fingerprint density at radius 2 is 2.21 bits per heavy atom. The van der Waals surface area contributed by atoms with Crippen molar-refractivity contribution in [1.29, 1.82) is 0 Å². The van der Waals surface area contributed by atoms with Gasteiger partial charge in [-0.15, -0.1) is 5.10 Å². The largest absolute Gasteiger partial charge is 0.309 e. The first-order valence-corrected chi connectivity index (χ1v) is 6.94. The van der Waals surface area contributed by atoms with Crippen LogP contribution >= 0.6 is 27.5 Å². The molecule has 0 saturated heterocycles. The van der Waals surface area contributed by atoms with E-state index in [4.69, 9.17) is 11.6 Å². The van der Waals surface area contributed by atoms with Gasteiger partial charge in [-0.05, 0) is 28.1 Å². The summed E-state index contributed by atoms with van der Waals surface area (Å²) in [5.41, 5.74) is 1.37. The summed E-state index contributed by atoms with van der Waals surface area (Å²) in [5.74, 6) is -0.401. The topological polar surface area (TPSA) is 42.7 Å². The van der Waals surface area contributed by atoms with E-state index in [9.17, 15) is 4.39 Å². The highest BCUT2D eigenvalue weighted by atomic mass is 79.9. The van der Waals surface area contributed by atoms with Crippen LogP contribution in [0.4, 0.5) is 4.39 Å². The lowest BCUT2D eigenvalue weighted by molar-refractivity contribution is 0.580. The molecular formula is C12H13BrClFN4. The second kappa shape index (κ2) is 5.98. The van der Waals surface area contributed by atoms with Crippen LogP contribution in [0, 0.1) is 5.82 Å². The summed E-state index contributed by atoms with van der Waals surface area (Å²) in [6.07, 6.45) is 1.76. The maximum absolute atomic E-state index is 13.2. The highest BCUT2D eigenvalue weighted by Gasteiger charge is 2.12. The van der Waals surface area contributed by atoms with Gasteiger partial charge in [0.1, 0.15) is 5.82 Å². The van der Waals surface area contributed by atoms with Crippen LogP contribution in [0.25, 0.3) is 5.69 Å². The molecule has 0 bridgehead atoms. The molecule has 19 heavy (non-hydrogen) atoms. The zero-order valence-corrected chi connectivity index (χ0v) is 12.8. The van der Waals surface area contributed by atoms with E-state index in [1.807, 2.05) is 0 Å². The molecule has 0 aliphatic rings. The lowest BCUT2D eigenvalue weighted by Gasteiger charge is -2.06. The summed E-state index contributed by atoms with van der Waals surface area (Å²) in [6.45, 7) is 4.73. The van der Waals surface area contributed by atoms with Gasteiger partial charge in [-0.25, -0.2) is 9.07 Å². The predicted octanol–water partition coefficient (Wildman–Crippen LogP) is 3.32. The lowest BCUT2D eigenvalue weighted by atomic mass is 10.3. The van der Waals surface area contributed by atoms with E-state index >= 15 is 0 Å². The van der Waals surface area contributed by atoms with E-state index < -0.39 is 5.82 Å². The maximum Gasteiger partial charge on any atom is 0.125 e. The Kier molecular flexibility index (Phi) is 4.54. The van der Waals surface area contributed by atoms with Gasteiger partial charge >= 0.3 is 0 Å². The van der Waals surface area contributed by atoms with Gasteiger partial charge in [0.05, 0.1) is 22.6 Å². The van der Waals surface area contributed by atoms with Gasteiger partial charge in [0.25, 0.3) is 0 Å². The molecule has 1 N–H and O–H groups in total. The molecule has 7 heteroatoms. The molecule has 1 aromatic heterocycles. The zero-order chi connectivity index (χ0) is 14.0. The number of nitrogens with one attached hydrogen (secondary N) is 1. The van der Waals surface area contributed by atoms with E-state index in [2.05, 4.69) is 45.4 Å². The zero-order valence-electron chi connectivity index (χ0n) is 10.5. The minimum absolute atomic E-state index is 0.278. The van der Waals surface area contributed by atoms with Crippen LogP contribution < -0.4 is 5.32 Å². The van der Waals surface area contributed by atoms with E-state index in [1.165, 1.54) is 16.8 Å². The van der Waals surface area contributed by atoms with Crippen LogP contribution in [0.15, 0.2) is 22.8 Å². The summed E-state index contributed by atoms with van der Waals surface area (Å²) >= 11 is 9.31. The number of halogens is 3. The van der Waals surface area contributed by atoms with Gasteiger partial charge in [-0.3, -0.25) is 0 Å². The van der Waals surface area contributed by atoms with Crippen molar-refractivity contribution in [3.05, 3.63) is 39.3 Å². The van der Waals surface area contributed by atoms with Crippen LogP contribution in [0.2, 0.25) is 5.02 Å². The SMILES string of the molecule is CC(C)NCc1cn(-c2c(Cl)cc(F)cc2Br)nn1. The lowest BCUT2D eigenvalue weighted by Crippen LogP contribution is -2.21. The van der Waals surface area contributed by atoms with Crippen LogP contribution in [-0.4, -0.2) is 21.0 Å². The Bertz CT molecular complexity index is 562. The highest BCUT2D eigenvalue weighted by molar-refractivity contribution is 9.10. The van der Waals surface area contributed by atoms with E-state index in [0.29, 0.717) is 22.7 Å². The van der Waals surface area contributed by atoms with Crippen molar-refractivity contribution in [2.75, 3.05) is 0 Å². The average molecular weight is 348 g/mol. The van der Waals surface area contributed by atoms with Gasteiger partial charge < -0.3 is 5.32 Å². The van der Waals surface area contributed by atoms with E-state index in [0.717, 1.165) is 5.69 Å². The minimum atomic E-state index is -0.401. The monoisotopic (exact) mass is 346 g/mol. The number of aromatic nitrogens is 3. The summed E-state index contributed by atoms with van der Waals surface area (Å²) in [6, 6.07) is 2.95. The Morgan fingerprint density at radius 1 is 1.47 bits per heavy atom. The quantitative estimate of drug-likeness (QED) is 0.922. The smallest absolute Gasteiger partial charge is 0.125 e. The fourth-order valence-corrected chi connectivity index (χ4v) is 2.57. The molecule has 4 nitrogen and oxygen atoms in total. The van der Waals surface area contributed by atoms with Crippen molar-refractivity contribution in [2.24, 2.45) is 0 Å². The molecule has 1 heterocycles. The molecule has 2 rings (SSSR count). The Labute approximate surface area is 124 Å². The molecule has 1 aromatic carbocycles. The molecule has 0 saturated carbocycles. The number of hydrogen-bond donors (Lipinski definition) is 1. The summed E-state index contributed by atoms with van der Waals surface area (Å²) in [5, 5.41) is 11.6. The summed E-state index contributed by atoms with van der Waals surface area (Å²) < 4.78 is 15.2. The van der Waals surface area contributed by atoms with Crippen LogP contribution in [-0.2, 0) is 6.54 Å². The van der Waals surface area contributed by atoms with Gasteiger partial charge in [0, 0.05) is 17.1 Å². The number of nitrogens with zero attached hydrogens (tertiary/aromatic N) is 3. The van der Waals surface area contributed by atoms with Crippen molar-refractivity contribution in [2.45, 2.75) is 26.4 Å². The molecule has 2 aromatic rings. The standard InChI is InChI=1S/C12H13BrClFN4/c1-7(2)16-5-9-6-19(18-17-9)12-10(13)3-8(15)4-11(12)14/h3-4,6-7,16H,5H2,1-2H3. The highest BCUT2D eigenvalue weighted by Crippen LogP contribution is 2.29. The number of benzene rings is 1. The normalized spacial score (nSPS) is 11.3. The molecule has 0 unspecified atom stereocenters. The van der Waals surface area contributed by atoms with Crippen molar-refractivity contribution in [3.63, 3.8) is 0 Å². The van der Waals surface area contributed by atoms with E-state index in [1.54, 1.807) is 6.20 Å². The molecule has 0 atom stereocenters. The van der Waals surface area contributed by atoms with Crippen molar-refractivity contribution < 1.29 is 4.39 Å². The Hall–Kier alpha value is -0.980.